The molecule has 84 valence electrons. The maximum Gasteiger partial charge on any atom is 0.0328 e. The molecule has 0 aromatic carbocycles. The molecule has 0 bridgehead atoms. The van der Waals surface area contributed by atoms with E-state index >= 15 is 0 Å². The molecule has 0 aliphatic carbocycles. The largest absolute Gasteiger partial charge is 0.305 e. The van der Waals surface area contributed by atoms with Crippen molar-refractivity contribution >= 4 is 27.3 Å². The number of thiophene rings is 1. The lowest BCUT2D eigenvalue weighted by molar-refractivity contribution is 0.271. The highest BCUT2D eigenvalue weighted by Crippen LogP contribution is 2.21. The Morgan fingerprint density at radius 3 is 2.93 bits per heavy atom. The van der Waals surface area contributed by atoms with E-state index < -0.39 is 0 Å². The van der Waals surface area contributed by atoms with Crippen molar-refractivity contribution in [1.82, 2.24) is 9.80 Å². The summed E-state index contributed by atoms with van der Waals surface area (Å²) in [6.45, 7) is 5.99. The van der Waals surface area contributed by atoms with Crippen LogP contribution in [0.3, 0.4) is 0 Å². The maximum absolute atomic E-state index is 3.51. The lowest BCUT2D eigenvalue weighted by atomic mass is 10.3. The molecule has 1 aliphatic rings. The molecule has 2 nitrogen and oxygen atoms in total. The first-order chi connectivity index (χ1) is 7.24. The van der Waals surface area contributed by atoms with Crippen molar-refractivity contribution in [2.24, 2.45) is 0 Å². The van der Waals surface area contributed by atoms with Crippen LogP contribution >= 0.6 is 27.3 Å². The fraction of sp³-hybridized carbons (Fsp3) is 0.636. The monoisotopic (exact) mass is 288 g/mol. The van der Waals surface area contributed by atoms with E-state index in [1.54, 1.807) is 0 Å². The molecule has 2 rings (SSSR count). The molecule has 0 saturated carbocycles. The van der Waals surface area contributed by atoms with Crippen LogP contribution in [0.2, 0.25) is 0 Å². The van der Waals surface area contributed by atoms with Crippen LogP contribution in [0.4, 0.5) is 0 Å². The Hall–Kier alpha value is 0.1000. The Balaban J connectivity index is 1.88. The predicted octanol–water partition coefficient (Wildman–Crippen LogP) is 2.65. The number of rotatable bonds is 2. The third-order valence-electron chi connectivity index (χ3n) is 2.81. The van der Waals surface area contributed by atoms with Crippen LogP contribution in [0.15, 0.2) is 15.9 Å². The standard InChI is InChI=1S/C11H17BrN2S/c1-13-3-2-4-14(6-5-13)8-11-7-10(12)9-15-11/h7,9H,2-6,8H2,1H3. The van der Waals surface area contributed by atoms with Crippen molar-refractivity contribution in [3.05, 3.63) is 20.8 Å². The molecule has 1 saturated heterocycles. The average Bonchev–Trinajstić information content (AvgIpc) is 2.48. The first-order valence-corrected chi connectivity index (χ1v) is 7.05. The Morgan fingerprint density at radius 2 is 2.20 bits per heavy atom. The van der Waals surface area contributed by atoms with E-state index in [0.29, 0.717) is 0 Å². The zero-order chi connectivity index (χ0) is 10.7. The van der Waals surface area contributed by atoms with Crippen LogP contribution in [0.1, 0.15) is 11.3 Å². The van der Waals surface area contributed by atoms with Crippen molar-refractivity contribution in [3.63, 3.8) is 0 Å². The minimum Gasteiger partial charge on any atom is -0.305 e. The van der Waals surface area contributed by atoms with Crippen LogP contribution in [0, 0.1) is 0 Å². The van der Waals surface area contributed by atoms with E-state index in [2.05, 4.69) is 44.2 Å². The molecule has 1 aromatic rings. The molecule has 0 spiro atoms. The lowest BCUT2D eigenvalue weighted by Crippen LogP contribution is -2.28. The van der Waals surface area contributed by atoms with Crippen molar-refractivity contribution < 1.29 is 0 Å². The molecule has 0 N–H and O–H groups in total. The van der Waals surface area contributed by atoms with E-state index in [1.165, 1.54) is 41.9 Å². The number of halogens is 1. The van der Waals surface area contributed by atoms with E-state index in [9.17, 15) is 0 Å². The third kappa shape index (κ3) is 3.55. The quantitative estimate of drug-likeness (QED) is 0.826. The van der Waals surface area contributed by atoms with Crippen molar-refractivity contribution in [2.75, 3.05) is 33.2 Å². The molecule has 0 atom stereocenters. The van der Waals surface area contributed by atoms with Crippen molar-refractivity contribution in [2.45, 2.75) is 13.0 Å². The van der Waals surface area contributed by atoms with Crippen LogP contribution in [-0.2, 0) is 6.54 Å². The first-order valence-electron chi connectivity index (χ1n) is 5.38. The minimum absolute atomic E-state index is 1.12. The molecule has 0 unspecified atom stereocenters. The highest BCUT2D eigenvalue weighted by atomic mass is 79.9. The van der Waals surface area contributed by atoms with Gasteiger partial charge in [0, 0.05) is 34.4 Å². The second-order valence-electron chi connectivity index (χ2n) is 4.16. The van der Waals surface area contributed by atoms with Crippen molar-refractivity contribution in [3.8, 4) is 0 Å². The lowest BCUT2D eigenvalue weighted by Gasteiger charge is -2.18. The summed E-state index contributed by atoms with van der Waals surface area (Å²) in [5.74, 6) is 0. The molecular weight excluding hydrogens is 272 g/mol. The van der Waals surface area contributed by atoms with Gasteiger partial charge in [-0.05, 0) is 48.6 Å². The summed E-state index contributed by atoms with van der Waals surface area (Å²) in [6, 6.07) is 2.24. The molecule has 15 heavy (non-hydrogen) atoms. The third-order valence-corrected chi connectivity index (χ3v) is 4.50. The smallest absolute Gasteiger partial charge is 0.0328 e. The predicted molar refractivity (Wildman–Crippen MR) is 69.4 cm³/mol. The maximum atomic E-state index is 3.51. The summed E-state index contributed by atoms with van der Waals surface area (Å²) in [5, 5.41) is 2.17. The summed E-state index contributed by atoms with van der Waals surface area (Å²) >= 11 is 5.35. The number of hydrogen-bond donors (Lipinski definition) is 0. The second-order valence-corrected chi connectivity index (χ2v) is 6.08. The Morgan fingerprint density at radius 1 is 1.33 bits per heavy atom. The minimum atomic E-state index is 1.12. The molecule has 2 heterocycles. The van der Waals surface area contributed by atoms with Gasteiger partial charge in [-0.1, -0.05) is 0 Å². The zero-order valence-electron chi connectivity index (χ0n) is 9.08. The van der Waals surface area contributed by atoms with Gasteiger partial charge in [-0.25, -0.2) is 0 Å². The molecule has 0 radical (unpaired) electrons. The number of hydrogen-bond acceptors (Lipinski definition) is 3. The SMILES string of the molecule is CN1CCCN(Cc2cc(Br)cs2)CC1. The Labute approximate surface area is 104 Å². The fourth-order valence-corrected chi connectivity index (χ4v) is 3.41. The van der Waals surface area contributed by atoms with Gasteiger partial charge in [-0.3, -0.25) is 4.90 Å². The number of likely N-dealkylation sites (N-methyl/N-ethyl adjacent to an activating group) is 1. The highest BCUT2D eigenvalue weighted by molar-refractivity contribution is 9.10. The summed E-state index contributed by atoms with van der Waals surface area (Å²) in [5.41, 5.74) is 0. The van der Waals surface area contributed by atoms with Gasteiger partial charge in [0.15, 0.2) is 0 Å². The van der Waals surface area contributed by atoms with Crippen LogP contribution in [0.25, 0.3) is 0 Å². The van der Waals surface area contributed by atoms with E-state index in [-0.39, 0.29) is 0 Å². The second kappa shape index (κ2) is 5.43. The van der Waals surface area contributed by atoms with Crippen LogP contribution in [0.5, 0.6) is 0 Å². The van der Waals surface area contributed by atoms with Gasteiger partial charge in [0.25, 0.3) is 0 Å². The zero-order valence-corrected chi connectivity index (χ0v) is 11.5. The summed E-state index contributed by atoms with van der Waals surface area (Å²) < 4.78 is 1.22. The molecule has 0 amide bonds. The fourth-order valence-electron chi connectivity index (χ4n) is 1.92. The molecule has 1 fully saturated rings. The van der Waals surface area contributed by atoms with E-state index in [1.807, 2.05) is 11.3 Å². The van der Waals surface area contributed by atoms with E-state index in [0.717, 1.165) is 6.54 Å². The topological polar surface area (TPSA) is 6.48 Å². The Kier molecular flexibility index (Phi) is 4.20. The van der Waals surface area contributed by atoms with Gasteiger partial charge in [0.05, 0.1) is 0 Å². The molecule has 1 aliphatic heterocycles. The normalized spacial score (nSPS) is 20.4. The van der Waals surface area contributed by atoms with Gasteiger partial charge in [0.1, 0.15) is 0 Å². The summed E-state index contributed by atoms with van der Waals surface area (Å²) in [7, 11) is 2.21. The average molecular weight is 289 g/mol. The summed E-state index contributed by atoms with van der Waals surface area (Å²) in [4.78, 5) is 6.44. The van der Waals surface area contributed by atoms with Crippen LogP contribution < -0.4 is 0 Å². The Bertz CT molecular complexity index is 313. The van der Waals surface area contributed by atoms with Crippen LogP contribution in [-0.4, -0.2) is 43.0 Å². The molecule has 1 aromatic heterocycles. The molecule has 4 heteroatoms. The van der Waals surface area contributed by atoms with Gasteiger partial charge in [0.2, 0.25) is 0 Å². The number of nitrogens with zero attached hydrogens (tertiary/aromatic N) is 2. The summed E-state index contributed by atoms with van der Waals surface area (Å²) in [6.07, 6.45) is 1.29. The molecular formula is C11H17BrN2S. The van der Waals surface area contributed by atoms with Gasteiger partial charge >= 0.3 is 0 Å². The first kappa shape index (κ1) is 11.6. The van der Waals surface area contributed by atoms with E-state index in [4.69, 9.17) is 0 Å². The van der Waals surface area contributed by atoms with Gasteiger partial charge in [-0.15, -0.1) is 11.3 Å². The van der Waals surface area contributed by atoms with Gasteiger partial charge < -0.3 is 4.90 Å². The highest BCUT2D eigenvalue weighted by Gasteiger charge is 2.12. The van der Waals surface area contributed by atoms with Crippen molar-refractivity contribution in [1.29, 1.82) is 0 Å². The van der Waals surface area contributed by atoms with Gasteiger partial charge in [-0.2, -0.15) is 0 Å².